The summed E-state index contributed by atoms with van der Waals surface area (Å²) in [6, 6.07) is 15.0. The predicted octanol–water partition coefficient (Wildman–Crippen LogP) is 8.77. The highest BCUT2D eigenvalue weighted by atomic mass is 19.1. The maximum atomic E-state index is 14.3. The van der Waals surface area contributed by atoms with Crippen LogP contribution in [0.4, 0.5) is 30.2 Å². The van der Waals surface area contributed by atoms with Gasteiger partial charge in [-0.2, -0.15) is 0 Å². The van der Waals surface area contributed by atoms with Gasteiger partial charge in [0.25, 0.3) is 0 Å². The number of benzene rings is 4. The molecule has 0 unspecified atom stereocenters. The van der Waals surface area contributed by atoms with Crippen LogP contribution in [0.1, 0.15) is 43.6 Å². The summed E-state index contributed by atoms with van der Waals surface area (Å²) in [6.07, 6.45) is 5.81. The molecule has 0 spiro atoms. The minimum absolute atomic E-state index is 0.0515. The third kappa shape index (κ3) is 5.28. The molecule has 222 valence electrons. The molecule has 9 heteroatoms. The number of ether oxygens (including phenoxy) is 3. The molecule has 4 aromatic rings. The second kappa shape index (κ2) is 10.6. The fraction of sp³-hybridized carbons (Fsp3) is 0.294. The number of anilines is 3. The molecule has 4 saturated carbocycles. The third-order valence-corrected chi connectivity index (χ3v) is 9.25. The summed E-state index contributed by atoms with van der Waals surface area (Å²) < 4.78 is 61.5. The predicted molar refractivity (Wildman–Crippen MR) is 159 cm³/mol. The molecular formula is C34H32F3N3O3. The van der Waals surface area contributed by atoms with Gasteiger partial charge in [-0.15, -0.1) is 0 Å². The van der Waals surface area contributed by atoms with E-state index in [1.807, 2.05) is 6.07 Å². The smallest absolute Gasteiger partial charge is 0.173 e. The number of nitrogens with two attached hydrogens (primary N) is 3. The molecule has 0 aromatic heterocycles. The van der Waals surface area contributed by atoms with E-state index in [-0.39, 0.29) is 51.7 Å². The van der Waals surface area contributed by atoms with Crippen molar-refractivity contribution >= 4 is 17.1 Å². The van der Waals surface area contributed by atoms with Crippen LogP contribution in [0.5, 0.6) is 34.5 Å². The lowest BCUT2D eigenvalue weighted by molar-refractivity contribution is -0.00341. The molecular weight excluding hydrogens is 555 g/mol. The summed E-state index contributed by atoms with van der Waals surface area (Å²) >= 11 is 0. The Bertz CT molecular complexity index is 1680. The number of halogens is 3. The van der Waals surface area contributed by atoms with Crippen LogP contribution in [0, 0.1) is 41.1 Å². The Morgan fingerprint density at radius 2 is 0.860 bits per heavy atom. The first-order valence-corrected chi connectivity index (χ1v) is 14.6. The molecule has 43 heavy (non-hydrogen) atoms. The largest absolute Gasteiger partial charge is 0.455 e. The molecule has 0 atom stereocenters. The van der Waals surface area contributed by atoms with E-state index in [2.05, 4.69) is 0 Å². The van der Waals surface area contributed by atoms with E-state index >= 15 is 0 Å². The van der Waals surface area contributed by atoms with Gasteiger partial charge in [0.1, 0.15) is 23.2 Å². The molecule has 6 nitrogen and oxygen atoms in total. The molecule has 4 fully saturated rings. The third-order valence-electron chi connectivity index (χ3n) is 9.25. The van der Waals surface area contributed by atoms with Crippen molar-refractivity contribution in [3.63, 3.8) is 0 Å². The van der Waals surface area contributed by atoms with E-state index < -0.39 is 17.5 Å². The van der Waals surface area contributed by atoms with Crippen molar-refractivity contribution in [2.45, 2.75) is 38.0 Å². The maximum absolute atomic E-state index is 14.3. The molecule has 6 N–H and O–H groups in total. The van der Waals surface area contributed by atoms with E-state index in [9.17, 15) is 13.2 Å². The standard InChI is InChI=1S/C34H32F3N3O3/c35-21-1-4-25(38)29(12-21)41-28-16-33(43-31-14-23(37)3-6-27(31)40)32(42-30-13-22(36)2-5-26(30)39)15-24(28)34-19-8-17-7-18(10-19)11-20(34)9-17/h1-6,12-20,34H,7-11,38-40H2. The molecule has 4 aliphatic carbocycles. The van der Waals surface area contributed by atoms with Crippen LogP contribution in [-0.2, 0) is 0 Å². The summed E-state index contributed by atoms with van der Waals surface area (Å²) in [7, 11) is 0. The normalized spacial score (nSPS) is 23.7. The van der Waals surface area contributed by atoms with Crippen molar-refractivity contribution in [1.82, 2.24) is 0 Å². The summed E-state index contributed by atoms with van der Waals surface area (Å²) in [6.45, 7) is 0. The molecule has 0 radical (unpaired) electrons. The van der Waals surface area contributed by atoms with Crippen LogP contribution in [0.15, 0.2) is 66.7 Å². The van der Waals surface area contributed by atoms with Gasteiger partial charge in [0.2, 0.25) is 0 Å². The van der Waals surface area contributed by atoms with Gasteiger partial charge in [-0.3, -0.25) is 0 Å². The highest BCUT2D eigenvalue weighted by molar-refractivity contribution is 5.62. The maximum Gasteiger partial charge on any atom is 0.173 e. The first-order valence-electron chi connectivity index (χ1n) is 14.6. The first kappa shape index (κ1) is 27.3. The number of rotatable bonds is 7. The fourth-order valence-corrected chi connectivity index (χ4v) is 7.64. The van der Waals surface area contributed by atoms with Crippen LogP contribution in [0.2, 0.25) is 0 Å². The minimum Gasteiger partial charge on any atom is -0.455 e. The quantitative estimate of drug-likeness (QED) is 0.187. The number of hydrogen-bond donors (Lipinski definition) is 3. The SMILES string of the molecule is Nc1ccc(F)cc1Oc1cc(Oc2cc(F)ccc2N)c(C2C3CC4CC(C3)CC2C4)cc1Oc1cc(F)ccc1N. The Balaban J connectivity index is 1.39. The van der Waals surface area contributed by atoms with Gasteiger partial charge >= 0.3 is 0 Å². The van der Waals surface area contributed by atoms with Crippen LogP contribution >= 0.6 is 0 Å². The monoisotopic (exact) mass is 587 g/mol. The molecule has 4 bridgehead atoms. The molecule has 4 aliphatic rings. The Morgan fingerprint density at radius 1 is 0.465 bits per heavy atom. The zero-order chi connectivity index (χ0) is 29.8. The Hall–Kier alpha value is -4.53. The highest BCUT2D eigenvalue weighted by Gasteiger charge is 2.49. The molecule has 0 saturated heterocycles. The number of hydrogen-bond acceptors (Lipinski definition) is 6. The summed E-state index contributed by atoms with van der Waals surface area (Å²) in [5.41, 5.74) is 20.0. The van der Waals surface area contributed by atoms with Gasteiger partial charge in [0.05, 0.1) is 17.1 Å². The van der Waals surface area contributed by atoms with Crippen molar-refractivity contribution in [2.24, 2.45) is 23.7 Å². The van der Waals surface area contributed by atoms with Crippen molar-refractivity contribution in [2.75, 3.05) is 17.2 Å². The van der Waals surface area contributed by atoms with Gasteiger partial charge in [-0.25, -0.2) is 13.2 Å². The minimum atomic E-state index is -0.546. The first-order chi connectivity index (χ1) is 20.7. The van der Waals surface area contributed by atoms with Gasteiger partial charge in [-0.1, -0.05) is 0 Å². The molecule has 0 aliphatic heterocycles. The van der Waals surface area contributed by atoms with Crippen LogP contribution < -0.4 is 31.4 Å². The summed E-state index contributed by atoms with van der Waals surface area (Å²) in [4.78, 5) is 0. The van der Waals surface area contributed by atoms with Crippen LogP contribution in [-0.4, -0.2) is 0 Å². The second-order valence-electron chi connectivity index (χ2n) is 12.1. The lowest BCUT2D eigenvalue weighted by Gasteiger charge is -2.54. The summed E-state index contributed by atoms with van der Waals surface area (Å²) in [5.74, 6) is 2.00. The second-order valence-corrected chi connectivity index (χ2v) is 12.1. The molecule has 0 heterocycles. The lowest BCUT2D eigenvalue weighted by atomic mass is 9.50. The molecule has 4 aromatic carbocycles. The van der Waals surface area contributed by atoms with Crippen LogP contribution in [0.3, 0.4) is 0 Å². The average Bonchev–Trinajstić information content (AvgIpc) is 2.96. The van der Waals surface area contributed by atoms with E-state index in [0.717, 1.165) is 49.1 Å². The van der Waals surface area contributed by atoms with Crippen molar-refractivity contribution < 1.29 is 27.4 Å². The Morgan fingerprint density at radius 3 is 1.30 bits per heavy atom. The highest BCUT2D eigenvalue weighted by Crippen LogP contribution is 2.62. The van der Waals surface area contributed by atoms with Gasteiger partial charge in [0, 0.05) is 29.8 Å². The van der Waals surface area contributed by atoms with E-state index in [1.54, 1.807) is 6.07 Å². The van der Waals surface area contributed by atoms with Gasteiger partial charge in [0.15, 0.2) is 28.7 Å². The fourth-order valence-electron chi connectivity index (χ4n) is 7.64. The van der Waals surface area contributed by atoms with Gasteiger partial charge in [-0.05, 0) is 104 Å². The van der Waals surface area contributed by atoms with Gasteiger partial charge < -0.3 is 31.4 Å². The molecule has 8 rings (SSSR count). The average molecular weight is 588 g/mol. The van der Waals surface area contributed by atoms with Crippen LogP contribution in [0.25, 0.3) is 0 Å². The van der Waals surface area contributed by atoms with E-state index in [0.29, 0.717) is 17.6 Å². The zero-order valence-electron chi connectivity index (χ0n) is 23.4. The molecule has 0 amide bonds. The van der Waals surface area contributed by atoms with Crippen molar-refractivity contribution in [1.29, 1.82) is 0 Å². The topological polar surface area (TPSA) is 106 Å². The van der Waals surface area contributed by atoms with Crippen molar-refractivity contribution in [3.05, 3.63) is 89.7 Å². The van der Waals surface area contributed by atoms with E-state index in [1.165, 1.54) is 55.0 Å². The summed E-state index contributed by atoms with van der Waals surface area (Å²) in [5, 5.41) is 0. The lowest BCUT2D eigenvalue weighted by Crippen LogP contribution is -2.43. The Kier molecular flexibility index (Phi) is 6.75. The van der Waals surface area contributed by atoms with E-state index in [4.69, 9.17) is 31.4 Å². The van der Waals surface area contributed by atoms with Crippen molar-refractivity contribution in [3.8, 4) is 34.5 Å². The zero-order valence-corrected chi connectivity index (χ0v) is 23.4. The Labute approximate surface area is 247 Å². The number of nitrogen functional groups attached to an aromatic ring is 3.